The van der Waals surface area contributed by atoms with Crippen LogP contribution in [0.5, 0.6) is 0 Å². The Bertz CT molecular complexity index is 357. The van der Waals surface area contributed by atoms with Gasteiger partial charge in [0.2, 0.25) is 0 Å². The fraction of sp³-hybridized carbons (Fsp3) is 0.400. The smallest absolute Gasteiger partial charge is 0.113 e. The van der Waals surface area contributed by atoms with Crippen molar-refractivity contribution in [2.45, 2.75) is 20.8 Å². The molecule has 4 heteroatoms. The van der Waals surface area contributed by atoms with E-state index in [1.807, 2.05) is 39.0 Å². The van der Waals surface area contributed by atoms with Gasteiger partial charge < -0.3 is 5.11 Å². The highest BCUT2D eigenvalue weighted by atomic mass is 16.2. The number of nitrogens with one attached hydrogen (secondary N) is 1. The van der Waals surface area contributed by atoms with Gasteiger partial charge in [-0.1, -0.05) is 19.9 Å². The van der Waals surface area contributed by atoms with Gasteiger partial charge in [-0.3, -0.25) is 0 Å². The van der Waals surface area contributed by atoms with E-state index in [1.54, 1.807) is 0 Å². The summed E-state index contributed by atoms with van der Waals surface area (Å²) in [5, 5.41) is 17.4. The molecule has 0 spiro atoms. The van der Waals surface area contributed by atoms with Crippen LogP contribution in [0.1, 0.15) is 19.4 Å². The molecule has 0 unspecified atom stereocenters. The SMILES string of the molecule is CC.CO.Cc1ccc2n[nH]nc2c1. The van der Waals surface area contributed by atoms with Gasteiger partial charge in [0, 0.05) is 7.11 Å². The van der Waals surface area contributed by atoms with Crippen LogP contribution in [0.2, 0.25) is 0 Å². The zero-order valence-electron chi connectivity index (χ0n) is 9.07. The first-order valence-electron chi connectivity index (χ1n) is 4.58. The first kappa shape index (κ1) is 12.6. The maximum Gasteiger partial charge on any atom is 0.113 e. The summed E-state index contributed by atoms with van der Waals surface area (Å²) in [5.41, 5.74) is 3.06. The monoisotopic (exact) mass is 195 g/mol. The van der Waals surface area contributed by atoms with Gasteiger partial charge in [0.25, 0.3) is 0 Å². The number of nitrogens with zero attached hydrogens (tertiary/aromatic N) is 2. The first-order valence-corrected chi connectivity index (χ1v) is 4.58. The minimum absolute atomic E-state index is 0.922. The van der Waals surface area contributed by atoms with Crippen LogP contribution >= 0.6 is 0 Å². The molecule has 2 rings (SSSR count). The minimum atomic E-state index is 0.922. The zero-order chi connectivity index (χ0) is 11.0. The number of hydrogen-bond acceptors (Lipinski definition) is 3. The van der Waals surface area contributed by atoms with Gasteiger partial charge in [-0.25, -0.2) is 0 Å². The van der Waals surface area contributed by atoms with E-state index in [0.29, 0.717) is 0 Å². The molecule has 0 radical (unpaired) electrons. The molecular formula is C10H17N3O. The van der Waals surface area contributed by atoms with Crippen LogP contribution in [0.4, 0.5) is 0 Å². The molecule has 14 heavy (non-hydrogen) atoms. The Morgan fingerprint density at radius 2 is 1.64 bits per heavy atom. The summed E-state index contributed by atoms with van der Waals surface area (Å²) < 4.78 is 0. The topological polar surface area (TPSA) is 61.8 Å². The zero-order valence-corrected chi connectivity index (χ0v) is 9.07. The van der Waals surface area contributed by atoms with Crippen molar-refractivity contribution in [2.24, 2.45) is 0 Å². The summed E-state index contributed by atoms with van der Waals surface area (Å²) in [7, 11) is 1.00. The van der Waals surface area contributed by atoms with Gasteiger partial charge in [0.05, 0.1) is 0 Å². The number of rotatable bonds is 0. The number of fused-ring (bicyclic) bond motifs is 1. The molecular weight excluding hydrogens is 178 g/mol. The fourth-order valence-corrected chi connectivity index (χ4v) is 0.950. The first-order chi connectivity index (χ1) is 6.86. The van der Waals surface area contributed by atoms with E-state index in [9.17, 15) is 0 Å². The lowest BCUT2D eigenvalue weighted by Crippen LogP contribution is -1.71. The molecule has 2 N–H and O–H groups in total. The Kier molecular flexibility index (Phi) is 6.32. The van der Waals surface area contributed by atoms with Crippen molar-refractivity contribution in [1.29, 1.82) is 0 Å². The van der Waals surface area contributed by atoms with Gasteiger partial charge >= 0.3 is 0 Å². The Morgan fingerprint density at radius 1 is 1.07 bits per heavy atom. The van der Waals surface area contributed by atoms with Crippen LogP contribution in [-0.4, -0.2) is 27.6 Å². The lowest BCUT2D eigenvalue weighted by molar-refractivity contribution is 0.399. The highest BCUT2D eigenvalue weighted by Gasteiger charge is 1.94. The average Bonchev–Trinajstić information content (AvgIpc) is 2.71. The molecule has 1 aromatic carbocycles. The molecule has 1 heterocycles. The summed E-state index contributed by atoms with van der Waals surface area (Å²) in [4.78, 5) is 0. The molecule has 0 aliphatic rings. The number of aromatic amines is 1. The molecule has 0 aliphatic heterocycles. The van der Waals surface area contributed by atoms with Crippen molar-refractivity contribution < 1.29 is 5.11 Å². The minimum Gasteiger partial charge on any atom is -0.400 e. The molecule has 78 valence electrons. The van der Waals surface area contributed by atoms with E-state index in [2.05, 4.69) is 15.4 Å². The van der Waals surface area contributed by atoms with Crippen molar-refractivity contribution in [3.05, 3.63) is 23.8 Å². The second kappa shape index (κ2) is 7.03. The highest BCUT2D eigenvalue weighted by molar-refractivity contribution is 5.73. The van der Waals surface area contributed by atoms with Gasteiger partial charge in [-0.2, -0.15) is 15.4 Å². The van der Waals surface area contributed by atoms with Crippen LogP contribution in [0.15, 0.2) is 18.2 Å². The lowest BCUT2D eigenvalue weighted by Gasteiger charge is -1.87. The normalized spacial score (nSPS) is 8.36. The maximum absolute atomic E-state index is 7.00. The van der Waals surface area contributed by atoms with Crippen molar-refractivity contribution in [1.82, 2.24) is 15.4 Å². The summed E-state index contributed by atoms with van der Waals surface area (Å²) in [6, 6.07) is 5.97. The van der Waals surface area contributed by atoms with Crippen molar-refractivity contribution in [3.63, 3.8) is 0 Å². The van der Waals surface area contributed by atoms with Gasteiger partial charge in [0.15, 0.2) is 0 Å². The molecule has 2 aromatic rings. The predicted molar refractivity (Wildman–Crippen MR) is 58.1 cm³/mol. The average molecular weight is 195 g/mol. The van der Waals surface area contributed by atoms with E-state index < -0.39 is 0 Å². The Morgan fingerprint density at radius 3 is 2.29 bits per heavy atom. The van der Waals surface area contributed by atoms with E-state index >= 15 is 0 Å². The van der Waals surface area contributed by atoms with Crippen LogP contribution in [0.25, 0.3) is 11.0 Å². The lowest BCUT2D eigenvalue weighted by atomic mass is 10.2. The van der Waals surface area contributed by atoms with Gasteiger partial charge in [-0.05, 0) is 24.6 Å². The van der Waals surface area contributed by atoms with Gasteiger partial charge in [-0.15, -0.1) is 0 Å². The summed E-state index contributed by atoms with van der Waals surface area (Å²) >= 11 is 0. The quantitative estimate of drug-likeness (QED) is 0.675. The largest absolute Gasteiger partial charge is 0.400 e. The number of hydrogen-bond donors (Lipinski definition) is 2. The van der Waals surface area contributed by atoms with Crippen LogP contribution < -0.4 is 0 Å². The molecule has 1 aromatic heterocycles. The Labute approximate surface area is 84.0 Å². The Hall–Kier alpha value is -1.42. The second-order valence-electron chi connectivity index (χ2n) is 2.32. The number of aliphatic hydroxyl groups excluding tert-OH is 1. The number of benzene rings is 1. The molecule has 0 atom stereocenters. The summed E-state index contributed by atoms with van der Waals surface area (Å²) in [6.07, 6.45) is 0. The number of aromatic nitrogens is 3. The standard InChI is InChI=1S/C7H7N3.C2H6.CH4O/c1-5-2-3-6-7(4-5)9-10-8-6;2*1-2/h2-4H,1H3,(H,8,9,10);1-2H3;2H,1H3. The number of H-pyrrole nitrogens is 1. The molecule has 0 aliphatic carbocycles. The van der Waals surface area contributed by atoms with Crippen LogP contribution in [-0.2, 0) is 0 Å². The third kappa shape index (κ3) is 3.14. The molecule has 0 fully saturated rings. The fourth-order valence-electron chi connectivity index (χ4n) is 0.950. The third-order valence-corrected chi connectivity index (χ3v) is 1.47. The molecule has 0 amide bonds. The Balaban J connectivity index is 0.000000379. The molecule has 0 bridgehead atoms. The molecule has 4 nitrogen and oxygen atoms in total. The van der Waals surface area contributed by atoms with Crippen molar-refractivity contribution in [2.75, 3.05) is 7.11 Å². The summed E-state index contributed by atoms with van der Waals surface area (Å²) in [6.45, 7) is 6.04. The third-order valence-electron chi connectivity index (χ3n) is 1.47. The molecule has 0 saturated carbocycles. The highest BCUT2D eigenvalue weighted by Crippen LogP contribution is 2.08. The van der Waals surface area contributed by atoms with Crippen molar-refractivity contribution in [3.8, 4) is 0 Å². The number of aliphatic hydroxyl groups is 1. The van der Waals surface area contributed by atoms with E-state index in [1.165, 1.54) is 5.56 Å². The molecule has 0 saturated heterocycles. The van der Waals surface area contributed by atoms with Crippen LogP contribution in [0, 0.1) is 6.92 Å². The van der Waals surface area contributed by atoms with E-state index in [4.69, 9.17) is 5.11 Å². The van der Waals surface area contributed by atoms with Crippen molar-refractivity contribution >= 4 is 11.0 Å². The van der Waals surface area contributed by atoms with E-state index in [-0.39, 0.29) is 0 Å². The number of aryl methyl sites for hydroxylation is 1. The summed E-state index contributed by atoms with van der Waals surface area (Å²) in [5.74, 6) is 0. The van der Waals surface area contributed by atoms with Gasteiger partial charge in [0.1, 0.15) is 11.0 Å². The maximum atomic E-state index is 7.00. The second-order valence-corrected chi connectivity index (χ2v) is 2.32. The van der Waals surface area contributed by atoms with Crippen LogP contribution in [0.3, 0.4) is 0 Å². The predicted octanol–water partition coefficient (Wildman–Crippen LogP) is 1.90. The van der Waals surface area contributed by atoms with E-state index in [0.717, 1.165) is 18.1 Å².